The standard InChI is InChI=1S/C16H20BrNO2/c17-14-4-2-1-3-12(14)16(20)7-8-18-9-11-5-6-15(19)13(11)10-18/h1-4,11,13,15,19H,5-10H2. The number of rotatable bonds is 4. The van der Waals surface area contributed by atoms with E-state index in [4.69, 9.17) is 0 Å². The minimum absolute atomic E-state index is 0.121. The zero-order valence-corrected chi connectivity index (χ0v) is 13.1. The molecule has 1 aliphatic heterocycles. The number of halogens is 1. The maximum absolute atomic E-state index is 12.2. The first-order chi connectivity index (χ1) is 9.65. The number of carbonyl (C=O) groups is 1. The number of aliphatic hydroxyl groups is 1. The van der Waals surface area contributed by atoms with Gasteiger partial charge in [-0.15, -0.1) is 0 Å². The molecule has 1 saturated heterocycles. The fourth-order valence-corrected chi connectivity index (χ4v) is 4.10. The van der Waals surface area contributed by atoms with Gasteiger partial charge in [-0.25, -0.2) is 0 Å². The van der Waals surface area contributed by atoms with Gasteiger partial charge in [-0.1, -0.05) is 34.1 Å². The monoisotopic (exact) mass is 337 g/mol. The smallest absolute Gasteiger partial charge is 0.165 e. The normalized spacial score (nSPS) is 29.6. The van der Waals surface area contributed by atoms with Crippen LogP contribution in [0.25, 0.3) is 0 Å². The molecule has 1 N–H and O–H groups in total. The quantitative estimate of drug-likeness (QED) is 0.859. The lowest BCUT2D eigenvalue weighted by atomic mass is 10.00. The summed E-state index contributed by atoms with van der Waals surface area (Å²) in [6.07, 6.45) is 2.53. The van der Waals surface area contributed by atoms with Gasteiger partial charge >= 0.3 is 0 Å². The molecule has 2 fully saturated rings. The lowest BCUT2D eigenvalue weighted by Gasteiger charge is -2.17. The molecule has 1 aromatic rings. The van der Waals surface area contributed by atoms with Crippen molar-refractivity contribution in [2.24, 2.45) is 11.8 Å². The lowest BCUT2D eigenvalue weighted by molar-refractivity contribution is 0.0960. The van der Waals surface area contributed by atoms with Crippen LogP contribution in [0.2, 0.25) is 0 Å². The van der Waals surface area contributed by atoms with Gasteiger partial charge in [0.25, 0.3) is 0 Å². The van der Waals surface area contributed by atoms with Gasteiger partial charge in [-0.3, -0.25) is 4.79 Å². The summed E-state index contributed by atoms with van der Waals surface area (Å²) in [5.74, 6) is 1.27. The van der Waals surface area contributed by atoms with Crippen molar-refractivity contribution in [1.29, 1.82) is 0 Å². The van der Waals surface area contributed by atoms with Gasteiger partial charge in [0.1, 0.15) is 0 Å². The van der Waals surface area contributed by atoms with Crippen molar-refractivity contribution in [1.82, 2.24) is 4.90 Å². The Hall–Kier alpha value is -0.710. The van der Waals surface area contributed by atoms with E-state index in [1.165, 1.54) is 0 Å². The number of carbonyl (C=O) groups excluding carboxylic acids is 1. The van der Waals surface area contributed by atoms with Gasteiger partial charge in [0.2, 0.25) is 0 Å². The zero-order chi connectivity index (χ0) is 14.1. The molecule has 0 bridgehead atoms. The van der Waals surface area contributed by atoms with Gasteiger partial charge < -0.3 is 10.0 Å². The SMILES string of the molecule is O=C(CCN1CC2CCC(O)C2C1)c1ccccc1Br. The number of likely N-dealkylation sites (tertiary alicyclic amines) is 1. The van der Waals surface area contributed by atoms with Crippen LogP contribution in [0.1, 0.15) is 29.6 Å². The summed E-state index contributed by atoms with van der Waals surface area (Å²) < 4.78 is 0.874. The van der Waals surface area contributed by atoms with Gasteiger partial charge in [0.05, 0.1) is 6.10 Å². The third kappa shape index (κ3) is 2.83. The summed E-state index contributed by atoms with van der Waals surface area (Å²) >= 11 is 3.43. The van der Waals surface area contributed by atoms with Crippen LogP contribution in [0, 0.1) is 11.8 Å². The molecule has 3 rings (SSSR count). The van der Waals surface area contributed by atoms with Crippen LogP contribution in [0.4, 0.5) is 0 Å². The molecular weight excluding hydrogens is 318 g/mol. The summed E-state index contributed by atoms with van der Waals surface area (Å²) in [7, 11) is 0. The first-order valence-corrected chi connectivity index (χ1v) is 8.12. The van der Waals surface area contributed by atoms with E-state index in [9.17, 15) is 9.90 Å². The molecule has 1 heterocycles. The van der Waals surface area contributed by atoms with Gasteiger partial charge in [-0.05, 0) is 24.8 Å². The molecule has 1 saturated carbocycles. The molecule has 3 unspecified atom stereocenters. The molecule has 0 spiro atoms. The van der Waals surface area contributed by atoms with E-state index in [2.05, 4.69) is 20.8 Å². The lowest BCUT2D eigenvalue weighted by Crippen LogP contribution is -2.27. The number of aliphatic hydroxyl groups excluding tert-OH is 1. The largest absolute Gasteiger partial charge is 0.393 e. The fourth-order valence-electron chi connectivity index (χ4n) is 3.59. The number of hydrogen-bond acceptors (Lipinski definition) is 3. The predicted octanol–water partition coefficient (Wildman–Crippen LogP) is 2.72. The minimum atomic E-state index is -0.121. The molecule has 1 aliphatic carbocycles. The van der Waals surface area contributed by atoms with E-state index in [0.717, 1.165) is 42.5 Å². The third-order valence-electron chi connectivity index (χ3n) is 4.72. The molecule has 0 aromatic heterocycles. The van der Waals surface area contributed by atoms with Crippen molar-refractivity contribution in [3.63, 3.8) is 0 Å². The highest BCUT2D eigenvalue weighted by Gasteiger charge is 2.41. The summed E-state index contributed by atoms with van der Waals surface area (Å²) in [5, 5.41) is 9.91. The molecule has 3 atom stereocenters. The minimum Gasteiger partial charge on any atom is -0.393 e. The summed E-state index contributed by atoms with van der Waals surface area (Å²) in [4.78, 5) is 14.6. The Morgan fingerprint density at radius 2 is 2.10 bits per heavy atom. The molecule has 1 aromatic carbocycles. The van der Waals surface area contributed by atoms with Crippen LogP contribution in [0.5, 0.6) is 0 Å². The number of nitrogens with zero attached hydrogens (tertiary/aromatic N) is 1. The second kappa shape index (κ2) is 5.96. The van der Waals surface area contributed by atoms with E-state index in [-0.39, 0.29) is 11.9 Å². The van der Waals surface area contributed by atoms with Crippen molar-refractivity contribution in [3.8, 4) is 0 Å². The van der Waals surface area contributed by atoms with Gasteiger partial charge in [0, 0.05) is 42.0 Å². The van der Waals surface area contributed by atoms with Gasteiger partial charge in [0.15, 0.2) is 5.78 Å². The summed E-state index contributed by atoms with van der Waals surface area (Å²) in [5.41, 5.74) is 0.770. The van der Waals surface area contributed by atoms with Crippen LogP contribution in [-0.4, -0.2) is 41.5 Å². The van der Waals surface area contributed by atoms with E-state index in [1.54, 1.807) is 0 Å². The highest BCUT2D eigenvalue weighted by Crippen LogP contribution is 2.38. The van der Waals surface area contributed by atoms with E-state index in [0.29, 0.717) is 18.3 Å². The Bertz CT molecular complexity index is 505. The first kappa shape index (κ1) is 14.2. The van der Waals surface area contributed by atoms with E-state index < -0.39 is 0 Å². The Balaban J connectivity index is 1.53. The maximum Gasteiger partial charge on any atom is 0.165 e. The Morgan fingerprint density at radius 1 is 1.30 bits per heavy atom. The second-order valence-corrected chi connectivity index (χ2v) is 6.84. The van der Waals surface area contributed by atoms with Crippen LogP contribution in [-0.2, 0) is 0 Å². The average Bonchev–Trinajstić information content (AvgIpc) is 2.99. The number of Topliss-reactive ketones (excluding diaryl/α,β-unsaturated/α-hetero) is 1. The van der Waals surface area contributed by atoms with Crippen LogP contribution in [0.15, 0.2) is 28.7 Å². The molecule has 3 nitrogen and oxygen atoms in total. The molecule has 0 radical (unpaired) electrons. The highest BCUT2D eigenvalue weighted by atomic mass is 79.9. The Kier molecular flexibility index (Phi) is 4.24. The molecule has 4 heteroatoms. The van der Waals surface area contributed by atoms with E-state index in [1.807, 2.05) is 24.3 Å². The molecule has 108 valence electrons. The van der Waals surface area contributed by atoms with Crippen molar-refractivity contribution < 1.29 is 9.90 Å². The number of hydrogen-bond donors (Lipinski definition) is 1. The summed E-state index contributed by atoms with van der Waals surface area (Å²) in [6, 6.07) is 7.59. The molecule has 0 amide bonds. The molecular formula is C16H20BrNO2. The Labute approximate surface area is 128 Å². The van der Waals surface area contributed by atoms with Crippen molar-refractivity contribution in [3.05, 3.63) is 34.3 Å². The Morgan fingerprint density at radius 3 is 2.85 bits per heavy atom. The number of benzene rings is 1. The highest BCUT2D eigenvalue weighted by molar-refractivity contribution is 9.10. The maximum atomic E-state index is 12.2. The predicted molar refractivity (Wildman–Crippen MR) is 81.8 cm³/mol. The van der Waals surface area contributed by atoms with E-state index >= 15 is 0 Å². The van der Waals surface area contributed by atoms with Gasteiger partial charge in [-0.2, -0.15) is 0 Å². The van der Waals surface area contributed by atoms with Crippen LogP contribution >= 0.6 is 15.9 Å². The second-order valence-electron chi connectivity index (χ2n) is 5.98. The van der Waals surface area contributed by atoms with Crippen LogP contribution in [0.3, 0.4) is 0 Å². The first-order valence-electron chi connectivity index (χ1n) is 7.33. The van der Waals surface area contributed by atoms with Crippen molar-refractivity contribution >= 4 is 21.7 Å². The van der Waals surface area contributed by atoms with Crippen LogP contribution < -0.4 is 0 Å². The summed E-state index contributed by atoms with van der Waals surface area (Å²) in [6.45, 7) is 2.81. The number of ketones is 1. The van der Waals surface area contributed by atoms with Crippen molar-refractivity contribution in [2.75, 3.05) is 19.6 Å². The fraction of sp³-hybridized carbons (Fsp3) is 0.562. The topological polar surface area (TPSA) is 40.5 Å². The molecule has 20 heavy (non-hydrogen) atoms. The molecule has 2 aliphatic rings. The zero-order valence-electron chi connectivity index (χ0n) is 11.5. The number of fused-ring (bicyclic) bond motifs is 1. The third-order valence-corrected chi connectivity index (χ3v) is 5.42. The average molecular weight is 338 g/mol. The van der Waals surface area contributed by atoms with Crippen molar-refractivity contribution in [2.45, 2.75) is 25.4 Å².